The summed E-state index contributed by atoms with van der Waals surface area (Å²) in [6, 6.07) is -11.9. The molecule has 1 rings (SSSR count). The molecule has 8 atom stereocenters. The van der Waals surface area contributed by atoms with Gasteiger partial charge < -0.3 is 79.7 Å². The summed E-state index contributed by atoms with van der Waals surface area (Å²) in [6.07, 6.45) is -1.67. The van der Waals surface area contributed by atoms with Gasteiger partial charge in [-0.25, -0.2) is 4.79 Å². The highest BCUT2D eigenvalue weighted by molar-refractivity contribution is 5.99. The summed E-state index contributed by atoms with van der Waals surface area (Å²) in [6.45, 7) is 8.66. The van der Waals surface area contributed by atoms with Crippen LogP contribution in [-0.2, 0) is 52.7 Å². The number of hydrogen-bond acceptors (Lipinski definition) is 14. The summed E-state index contributed by atoms with van der Waals surface area (Å²) in [4.78, 5) is 148. The smallest absolute Gasteiger partial charge is 0.326 e. The van der Waals surface area contributed by atoms with E-state index in [1.807, 2.05) is 0 Å². The quantitative estimate of drug-likeness (QED) is 0.0177. The van der Waals surface area contributed by atoms with E-state index in [2.05, 4.69) is 42.2 Å². The monoisotopic (exact) mass is 985 g/mol. The molecule has 0 radical (unpaired) electrons. The second-order valence-electron chi connectivity index (χ2n) is 17.8. The van der Waals surface area contributed by atoms with E-state index in [1.54, 1.807) is 41.5 Å². The van der Waals surface area contributed by atoms with E-state index < -0.39 is 152 Å². The highest BCUT2D eigenvalue weighted by Crippen LogP contribution is 2.21. The number of aliphatic hydroxyl groups excluding tert-OH is 1. The summed E-state index contributed by atoms with van der Waals surface area (Å²) in [5.74, 6) is -13.1. The van der Waals surface area contributed by atoms with Crippen LogP contribution >= 0.6 is 0 Å². The Morgan fingerprint density at radius 1 is 0.623 bits per heavy atom. The van der Waals surface area contributed by atoms with Gasteiger partial charge in [-0.3, -0.25) is 52.9 Å². The number of carbonyl (C=O) groups excluding carboxylic acids is 8. The topological polar surface area (TPSA) is 447 Å². The van der Waals surface area contributed by atoms with Crippen LogP contribution in [0.5, 0.6) is 0 Å². The predicted molar refractivity (Wildman–Crippen MR) is 245 cm³/mol. The number of aliphatic hydroxyl groups is 1. The average Bonchev–Trinajstić information content (AvgIpc) is 3.75. The van der Waals surface area contributed by atoms with E-state index >= 15 is 0 Å². The fourth-order valence-corrected chi connectivity index (χ4v) is 7.16. The van der Waals surface area contributed by atoms with Gasteiger partial charge in [-0.1, -0.05) is 41.5 Å². The van der Waals surface area contributed by atoms with Gasteiger partial charge in [0.1, 0.15) is 48.3 Å². The Balaban J connectivity index is 3.41. The first kappa shape index (κ1) is 60.4. The Morgan fingerprint density at radius 2 is 1.10 bits per heavy atom. The second kappa shape index (κ2) is 30.0. The number of guanidine groups is 1. The molecule has 1 fully saturated rings. The maximum absolute atomic E-state index is 13.9. The number of nitrogens with zero attached hydrogens (tertiary/aromatic N) is 2. The summed E-state index contributed by atoms with van der Waals surface area (Å²) >= 11 is 0. The molecule has 0 aromatic carbocycles. The molecule has 1 saturated heterocycles. The summed E-state index contributed by atoms with van der Waals surface area (Å²) in [5.41, 5.74) is 16.2. The lowest BCUT2D eigenvalue weighted by Crippen LogP contribution is -2.61. The summed E-state index contributed by atoms with van der Waals surface area (Å²) < 4.78 is 0. The average molecular weight is 985 g/mol. The van der Waals surface area contributed by atoms with Gasteiger partial charge >= 0.3 is 17.9 Å². The van der Waals surface area contributed by atoms with Gasteiger partial charge in [0.2, 0.25) is 47.3 Å². The molecule has 1 heterocycles. The highest BCUT2D eigenvalue weighted by Gasteiger charge is 2.39. The van der Waals surface area contributed by atoms with Gasteiger partial charge in [0.25, 0.3) is 0 Å². The van der Waals surface area contributed by atoms with Crippen molar-refractivity contribution in [3.05, 3.63) is 0 Å². The summed E-state index contributed by atoms with van der Waals surface area (Å²) in [5, 5.41) is 55.6. The van der Waals surface area contributed by atoms with Crippen LogP contribution in [-0.4, -0.2) is 171 Å². The van der Waals surface area contributed by atoms with Crippen molar-refractivity contribution in [2.45, 2.75) is 148 Å². The first-order valence-electron chi connectivity index (χ1n) is 22.7. The number of rotatable bonds is 31. The predicted octanol–water partition coefficient (Wildman–Crippen LogP) is -4.45. The molecule has 390 valence electrons. The third-order valence-electron chi connectivity index (χ3n) is 10.6. The lowest BCUT2D eigenvalue weighted by molar-refractivity contribution is -0.149. The van der Waals surface area contributed by atoms with Crippen LogP contribution in [0.3, 0.4) is 0 Å². The lowest BCUT2D eigenvalue weighted by Gasteiger charge is -2.30. The SMILES string of the molecule is CC(C)CC(NC(=O)C(CC(=O)O)NC(=O)C(CCC(=O)O)NC(=O)C(NC(=O)CN)C(C)C)C(=O)NC(CO)C(=O)NC(CCCN=C(N)N)C(=O)NC(CC(C)C)C(=O)N1CCCC1C(=O)O. The molecule has 27 nitrogen and oxygen atoms in total. The number of carbonyl (C=O) groups is 11. The minimum Gasteiger partial charge on any atom is -0.481 e. The van der Waals surface area contributed by atoms with Gasteiger partial charge in [-0.05, 0) is 62.7 Å². The number of aliphatic carboxylic acids is 3. The third kappa shape index (κ3) is 21.9. The van der Waals surface area contributed by atoms with Gasteiger partial charge in [-0.2, -0.15) is 0 Å². The van der Waals surface area contributed by atoms with Gasteiger partial charge in [-0.15, -0.1) is 0 Å². The van der Waals surface area contributed by atoms with Crippen LogP contribution < -0.4 is 54.4 Å². The van der Waals surface area contributed by atoms with Gasteiger partial charge in [0.15, 0.2) is 5.96 Å². The van der Waals surface area contributed by atoms with Crippen LogP contribution in [0.4, 0.5) is 0 Å². The molecule has 17 N–H and O–H groups in total. The molecule has 0 aliphatic carbocycles. The highest BCUT2D eigenvalue weighted by atomic mass is 16.4. The maximum Gasteiger partial charge on any atom is 0.326 e. The number of aliphatic imine (C=N–C) groups is 1. The van der Waals surface area contributed by atoms with E-state index in [0.717, 1.165) is 0 Å². The fraction of sp³-hybridized carbons (Fsp3) is 0.714. The van der Waals surface area contributed by atoms with Crippen LogP contribution in [0.1, 0.15) is 99.3 Å². The third-order valence-corrected chi connectivity index (χ3v) is 10.6. The molecule has 27 heteroatoms. The van der Waals surface area contributed by atoms with Crippen molar-refractivity contribution in [2.75, 3.05) is 26.2 Å². The molecule has 0 aromatic rings. The number of amides is 8. The number of carboxylic acid groups (broad SMARTS) is 3. The zero-order chi connectivity index (χ0) is 52.7. The molecule has 69 heavy (non-hydrogen) atoms. The number of nitrogens with two attached hydrogens (primary N) is 3. The first-order valence-corrected chi connectivity index (χ1v) is 22.7. The Morgan fingerprint density at radius 3 is 1.61 bits per heavy atom. The van der Waals surface area contributed by atoms with Crippen LogP contribution in [0.25, 0.3) is 0 Å². The molecular formula is C42H72N12O15. The Bertz CT molecular complexity index is 1860. The number of hydrogen-bond donors (Lipinski definition) is 14. The minimum atomic E-state index is -1.93. The number of likely N-dealkylation sites (tertiary alicyclic amines) is 1. The van der Waals surface area contributed by atoms with Gasteiger partial charge in [0, 0.05) is 19.5 Å². The Labute approximate surface area is 399 Å². The molecule has 8 amide bonds. The van der Waals surface area contributed by atoms with Crippen molar-refractivity contribution >= 4 is 71.1 Å². The van der Waals surface area contributed by atoms with Crippen molar-refractivity contribution in [3.63, 3.8) is 0 Å². The molecule has 1 aliphatic rings. The molecule has 0 saturated carbocycles. The molecule has 8 unspecified atom stereocenters. The molecule has 0 bridgehead atoms. The Kier molecular flexibility index (Phi) is 26.2. The zero-order valence-electron chi connectivity index (χ0n) is 39.9. The molecule has 0 spiro atoms. The Hall–Kier alpha value is -6.64. The lowest BCUT2D eigenvalue weighted by atomic mass is 10.0. The van der Waals surface area contributed by atoms with Crippen LogP contribution in [0, 0.1) is 17.8 Å². The van der Waals surface area contributed by atoms with E-state index in [1.165, 1.54) is 4.90 Å². The van der Waals surface area contributed by atoms with Crippen LogP contribution in [0.2, 0.25) is 0 Å². The van der Waals surface area contributed by atoms with Crippen LogP contribution in [0.15, 0.2) is 4.99 Å². The van der Waals surface area contributed by atoms with E-state index in [-0.39, 0.29) is 63.0 Å². The standard InChI is InChI=1S/C42H72N12O15/c1-20(2)15-25(49-37(64)26(17-32(59)60)50-35(62)24(11-12-31(57)58)48-39(66)33(22(5)6)53-30(56)18-43)36(63)52-28(19-55)38(65)47-23(9-7-13-46-42(44)45)34(61)51-27(16-21(3)4)40(67)54-14-8-10-29(54)41(68)69/h20-29,33,55H,7-19,43H2,1-6H3,(H,47,65)(H,48,66)(H,49,64)(H,50,62)(H,51,61)(H,52,63)(H,53,56)(H,57,58)(H,59,60)(H,68,69)(H4,44,45,46). The molecule has 1 aliphatic heterocycles. The van der Waals surface area contributed by atoms with Crippen molar-refractivity contribution in [1.29, 1.82) is 0 Å². The number of carboxylic acids is 3. The largest absolute Gasteiger partial charge is 0.481 e. The first-order chi connectivity index (χ1) is 32.2. The molecular weight excluding hydrogens is 913 g/mol. The van der Waals surface area contributed by atoms with Crippen molar-refractivity contribution in [1.82, 2.24) is 42.1 Å². The van der Waals surface area contributed by atoms with Crippen molar-refractivity contribution in [3.8, 4) is 0 Å². The normalized spacial score (nSPS) is 16.4. The fourth-order valence-electron chi connectivity index (χ4n) is 7.16. The minimum absolute atomic E-state index is 0.00951. The van der Waals surface area contributed by atoms with E-state index in [0.29, 0.717) is 6.42 Å². The van der Waals surface area contributed by atoms with E-state index in [4.69, 9.17) is 17.2 Å². The number of nitrogens with one attached hydrogen (secondary N) is 7. The summed E-state index contributed by atoms with van der Waals surface area (Å²) in [7, 11) is 0. The van der Waals surface area contributed by atoms with Crippen molar-refractivity contribution in [2.24, 2.45) is 39.9 Å². The maximum atomic E-state index is 13.9. The second-order valence-corrected chi connectivity index (χ2v) is 17.8. The molecule has 0 aromatic heterocycles. The van der Waals surface area contributed by atoms with Crippen molar-refractivity contribution < 1.29 is 73.2 Å². The van der Waals surface area contributed by atoms with Gasteiger partial charge in [0.05, 0.1) is 19.6 Å². The zero-order valence-corrected chi connectivity index (χ0v) is 39.9. The van der Waals surface area contributed by atoms with E-state index in [9.17, 15) is 73.2 Å².